The summed E-state index contributed by atoms with van der Waals surface area (Å²) < 4.78 is 0. The molecule has 3 rings (SSSR count). The van der Waals surface area contributed by atoms with E-state index < -0.39 is 11.4 Å². The van der Waals surface area contributed by atoms with Crippen LogP contribution in [0.25, 0.3) is 6.08 Å². The molecule has 0 saturated carbocycles. The molecule has 0 saturated heterocycles. The lowest BCUT2D eigenvalue weighted by atomic mass is 9.90. The molecule has 1 heterocycles. The molecule has 3 heteroatoms. The summed E-state index contributed by atoms with van der Waals surface area (Å²) in [4.78, 5) is 16.4. The molecular weight excluding hydrogens is 224 g/mol. The van der Waals surface area contributed by atoms with Gasteiger partial charge in [-0.25, -0.2) is 0 Å². The van der Waals surface area contributed by atoms with E-state index in [-0.39, 0.29) is 0 Å². The lowest BCUT2D eigenvalue weighted by Crippen LogP contribution is -2.37. The topological polar surface area (TPSA) is 55.5 Å². The number of primary amides is 1. The molecule has 1 aliphatic rings. The van der Waals surface area contributed by atoms with Crippen molar-refractivity contribution in [3.63, 3.8) is 0 Å². The van der Waals surface area contributed by atoms with E-state index in [1.165, 1.54) is 0 Å². The molecule has 0 spiro atoms. The summed E-state index contributed by atoms with van der Waals surface area (Å²) in [5.41, 5.74) is 5.32. The third kappa shape index (κ3) is 1.44. The second kappa shape index (κ2) is 3.81. The number of para-hydroxylation sites is 1. The smallest absolute Gasteiger partial charge is 0.254 e. The third-order valence-electron chi connectivity index (χ3n) is 3.19. The lowest BCUT2D eigenvalue weighted by molar-refractivity contribution is -0.121. The normalized spacial score (nSPS) is 20.7. The summed E-state index contributed by atoms with van der Waals surface area (Å²) in [6.07, 6.45) is 1.83. The maximum Gasteiger partial charge on any atom is 0.254 e. The first kappa shape index (κ1) is 10.7. The van der Waals surface area contributed by atoms with E-state index in [0.717, 1.165) is 16.1 Å². The molecule has 88 valence electrons. The van der Waals surface area contributed by atoms with Gasteiger partial charge in [-0.15, -0.1) is 0 Å². The maximum atomic E-state index is 11.9. The highest BCUT2D eigenvalue weighted by Gasteiger charge is 2.37. The van der Waals surface area contributed by atoms with Crippen LogP contribution in [0.5, 0.6) is 0 Å². The Balaban J connectivity index is 2.30. The van der Waals surface area contributed by atoms with Crippen LogP contribution in [-0.2, 0) is 10.3 Å². The summed E-state index contributed by atoms with van der Waals surface area (Å²) in [5.74, 6) is -0.454. The molecule has 1 aliphatic heterocycles. The summed E-state index contributed by atoms with van der Waals surface area (Å²) in [7, 11) is 0. The van der Waals surface area contributed by atoms with Gasteiger partial charge in [-0.2, -0.15) is 0 Å². The number of carbonyl (C=O) groups is 1. The zero-order valence-electron chi connectivity index (χ0n) is 9.71. The van der Waals surface area contributed by atoms with Crippen molar-refractivity contribution in [1.82, 2.24) is 0 Å². The fraction of sp³-hybridized carbons (Fsp3) is 0.0667. The molecule has 0 fully saturated rings. The molecule has 0 radical (unpaired) electrons. The molecule has 1 unspecified atom stereocenters. The molecular formula is C15H12N2O. The van der Waals surface area contributed by atoms with E-state index in [1.807, 2.05) is 60.7 Å². The molecule has 0 bridgehead atoms. The first-order valence-electron chi connectivity index (χ1n) is 5.76. The lowest BCUT2D eigenvalue weighted by Gasteiger charge is -2.20. The van der Waals surface area contributed by atoms with Gasteiger partial charge in [0.05, 0.1) is 5.36 Å². The first-order chi connectivity index (χ1) is 8.72. The van der Waals surface area contributed by atoms with Crippen LogP contribution in [0.3, 0.4) is 0 Å². The number of fused-ring (bicyclic) bond motifs is 1. The average molecular weight is 236 g/mol. The summed E-state index contributed by atoms with van der Waals surface area (Å²) >= 11 is 0. The van der Waals surface area contributed by atoms with Gasteiger partial charge in [-0.1, -0.05) is 48.5 Å². The number of hydrogen-bond acceptors (Lipinski definition) is 2. The minimum absolute atomic E-state index is 0.454. The number of benzene rings is 2. The monoisotopic (exact) mass is 236 g/mol. The van der Waals surface area contributed by atoms with E-state index in [4.69, 9.17) is 5.73 Å². The standard InChI is InChI=1S/C15H12N2O/c16-14(18)15(12-7-2-1-3-8-12)10-11-6-4-5-9-13(11)17-15/h1-10H,(H2,16,18). The second-order valence-corrected chi connectivity index (χ2v) is 4.31. The van der Waals surface area contributed by atoms with Gasteiger partial charge in [-0.05, 0) is 22.9 Å². The molecule has 2 aromatic carbocycles. The van der Waals surface area contributed by atoms with Crippen molar-refractivity contribution in [2.24, 2.45) is 10.7 Å². The minimum atomic E-state index is -1.06. The van der Waals surface area contributed by atoms with Gasteiger partial charge < -0.3 is 5.73 Å². The Morgan fingerprint density at radius 2 is 1.67 bits per heavy atom. The van der Waals surface area contributed by atoms with Gasteiger partial charge in [0.25, 0.3) is 5.91 Å². The molecule has 2 aromatic rings. The van der Waals surface area contributed by atoms with Crippen molar-refractivity contribution in [2.45, 2.75) is 5.54 Å². The summed E-state index contributed by atoms with van der Waals surface area (Å²) in [6, 6.07) is 17.1. The van der Waals surface area contributed by atoms with Crippen molar-refractivity contribution >= 4 is 12.0 Å². The SMILES string of the molecule is NC(=O)C1(c2ccccc2)C=c2ccccc2=N1. The number of nitrogens with two attached hydrogens (primary N) is 1. The van der Waals surface area contributed by atoms with Gasteiger partial charge in [0.2, 0.25) is 0 Å². The molecule has 18 heavy (non-hydrogen) atoms. The van der Waals surface area contributed by atoms with Crippen LogP contribution >= 0.6 is 0 Å². The summed E-state index contributed by atoms with van der Waals surface area (Å²) in [5, 5.41) is 1.75. The predicted molar refractivity (Wildman–Crippen MR) is 69.0 cm³/mol. The van der Waals surface area contributed by atoms with Crippen LogP contribution in [0.2, 0.25) is 0 Å². The van der Waals surface area contributed by atoms with Crippen molar-refractivity contribution in [3.05, 3.63) is 70.7 Å². The van der Waals surface area contributed by atoms with Crippen molar-refractivity contribution < 1.29 is 4.79 Å². The first-order valence-corrected chi connectivity index (χ1v) is 5.76. The predicted octanol–water partition coefficient (Wildman–Crippen LogP) is 0.481. The van der Waals surface area contributed by atoms with E-state index >= 15 is 0 Å². The highest BCUT2D eigenvalue weighted by molar-refractivity contribution is 5.94. The average Bonchev–Trinajstić information content (AvgIpc) is 2.80. The second-order valence-electron chi connectivity index (χ2n) is 4.31. The Kier molecular flexibility index (Phi) is 2.27. The van der Waals surface area contributed by atoms with Crippen LogP contribution in [0, 0.1) is 0 Å². The van der Waals surface area contributed by atoms with Crippen molar-refractivity contribution in [2.75, 3.05) is 0 Å². The Bertz CT molecular complexity index is 685. The molecule has 0 aromatic heterocycles. The van der Waals surface area contributed by atoms with Crippen LogP contribution in [0.15, 0.2) is 59.6 Å². The van der Waals surface area contributed by atoms with E-state index in [0.29, 0.717) is 0 Å². The van der Waals surface area contributed by atoms with E-state index in [2.05, 4.69) is 4.99 Å². The number of nitrogens with zero attached hydrogens (tertiary/aromatic N) is 1. The van der Waals surface area contributed by atoms with Gasteiger partial charge in [-0.3, -0.25) is 9.79 Å². The van der Waals surface area contributed by atoms with Gasteiger partial charge in [0.1, 0.15) is 0 Å². The summed E-state index contributed by atoms with van der Waals surface area (Å²) in [6.45, 7) is 0. The Morgan fingerprint density at radius 1 is 1.00 bits per heavy atom. The van der Waals surface area contributed by atoms with Crippen molar-refractivity contribution in [3.8, 4) is 0 Å². The fourth-order valence-electron chi connectivity index (χ4n) is 2.27. The quantitative estimate of drug-likeness (QED) is 0.810. The fourth-order valence-corrected chi connectivity index (χ4v) is 2.27. The molecule has 2 N–H and O–H groups in total. The van der Waals surface area contributed by atoms with Crippen LogP contribution in [0.1, 0.15) is 5.56 Å². The molecule has 0 aliphatic carbocycles. The number of amides is 1. The van der Waals surface area contributed by atoms with E-state index in [9.17, 15) is 4.79 Å². The number of rotatable bonds is 2. The number of carbonyl (C=O) groups excluding carboxylic acids is 1. The highest BCUT2D eigenvalue weighted by atomic mass is 16.1. The van der Waals surface area contributed by atoms with Gasteiger partial charge in [0, 0.05) is 0 Å². The van der Waals surface area contributed by atoms with Crippen molar-refractivity contribution in [1.29, 1.82) is 0 Å². The molecule has 1 atom stereocenters. The highest BCUT2D eigenvalue weighted by Crippen LogP contribution is 2.28. The van der Waals surface area contributed by atoms with E-state index in [1.54, 1.807) is 0 Å². The Hall–Kier alpha value is -2.42. The van der Waals surface area contributed by atoms with Crippen LogP contribution in [-0.4, -0.2) is 5.91 Å². The number of hydrogen-bond donors (Lipinski definition) is 1. The minimum Gasteiger partial charge on any atom is -0.367 e. The van der Waals surface area contributed by atoms with Crippen LogP contribution < -0.4 is 16.3 Å². The molecule has 3 nitrogen and oxygen atoms in total. The maximum absolute atomic E-state index is 11.9. The Morgan fingerprint density at radius 3 is 2.33 bits per heavy atom. The largest absolute Gasteiger partial charge is 0.367 e. The van der Waals surface area contributed by atoms with Gasteiger partial charge >= 0.3 is 0 Å². The third-order valence-corrected chi connectivity index (χ3v) is 3.19. The van der Waals surface area contributed by atoms with Gasteiger partial charge in [0.15, 0.2) is 5.54 Å². The van der Waals surface area contributed by atoms with Crippen LogP contribution in [0.4, 0.5) is 0 Å². The Labute approximate surface area is 104 Å². The zero-order chi connectivity index (χ0) is 12.6. The zero-order valence-corrected chi connectivity index (χ0v) is 9.71. The molecule has 1 amide bonds.